The van der Waals surface area contributed by atoms with Crippen LogP contribution in [0.3, 0.4) is 0 Å². The van der Waals surface area contributed by atoms with Gasteiger partial charge in [-0.1, -0.05) is 41.8 Å². The van der Waals surface area contributed by atoms with Crippen molar-refractivity contribution in [3.05, 3.63) is 33.8 Å². The lowest BCUT2D eigenvalue weighted by Crippen LogP contribution is -2.44. The van der Waals surface area contributed by atoms with Crippen molar-refractivity contribution in [1.82, 2.24) is 5.43 Å². The molecule has 1 fully saturated rings. The smallest absolute Gasteiger partial charge is 0.0624 e. The van der Waals surface area contributed by atoms with Crippen LogP contribution in [0.5, 0.6) is 0 Å². The van der Waals surface area contributed by atoms with Crippen molar-refractivity contribution in [2.24, 2.45) is 11.8 Å². The van der Waals surface area contributed by atoms with E-state index in [1.165, 1.54) is 19.3 Å². The minimum Gasteiger partial charge on any atom is -0.271 e. The Morgan fingerprint density at radius 3 is 2.69 bits per heavy atom. The van der Waals surface area contributed by atoms with E-state index in [1.54, 1.807) is 0 Å². The third-order valence-electron chi connectivity index (χ3n) is 3.40. The van der Waals surface area contributed by atoms with E-state index in [-0.39, 0.29) is 0 Å². The number of hydrazine groups is 1. The maximum atomic E-state index is 6.16. The van der Waals surface area contributed by atoms with Crippen molar-refractivity contribution in [2.75, 3.05) is 0 Å². The second-order valence-electron chi connectivity index (χ2n) is 4.38. The van der Waals surface area contributed by atoms with Crippen LogP contribution in [0.1, 0.15) is 24.8 Å². The lowest BCUT2D eigenvalue weighted by molar-refractivity contribution is 0.228. The highest BCUT2D eigenvalue weighted by molar-refractivity contribution is 6.42. The molecule has 0 spiro atoms. The van der Waals surface area contributed by atoms with Crippen LogP contribution >= 0.6 is 23.2 Å². The molecule has 1 aromatic rings. The SMILES string of the molecule is NNC(Cc1cccc(Cl)c1Cl)C1CCC1. The molecule has 0 aliphatic heterocycles. The van der Waals surface area contributed by atoms with Crippen LogP contribution in [0.25, 0.3) is 0 Å². The first-order chi connectivity index (χ1) is 7.72. The van der Waals surface area contributed by atoms with Gasteiger partial charge in [-0.2, -0.15) is 0 Å². The average Bonchev–Trinajstić information content (AvgIpc) is 2.21. The topological polar surface area (TPSA) is 38.0 Å². The van der Waals surface area contributed by atoms with E-state index >= 15 is 0 Å². The van der Waals surface area contributed by atoms with Gasteiger partial charge in [-0.3, -0.25) is 11.3 Å². The molecule has 1 aliphatic rings. The fourth-order valence-corrected chi connectivity index (χ4v) is 2.54. The van der Waals surface area contributed by atoms with Crippen molar-refractivity contribution in [2.45, 2.75) is 31.7 Å². The second kappa shape index (κ2) is 5.37. The molecular formula is C12H16Cl2N2. The summed E-state index contributed by atoms with van der Waals surface area (Å²) in [4.78, 5) is 0. The van der Waals surface area contributed by atoms with Gasteiger partial charge in [0.25, 0.3) is 0 Å². The zero-order valence-electron chi connectivity index (χ0n) is 9.05. The van der Waals surface area contributed by atoms with Crippen LogP contribution < -0.4 is 11.3 Å². The number of halogens is 2. The predicted molar refractivity (Wildman–Crippen MR) is 68.6 cm³/mol. The third kappa shape index (κ3) is 2.51. The van der Waals surface area contributed by atoms with E-state index in [9.17, 15) is 0 Å². The van der Waals surface area contributed by atoms with Gasteiger partial charge in [0.15, 0.2) is 0 Å². The van der Waals surface area contributed by atoms with E-state index in [4.69, 9.17) is 29.0 Å². The number of nitrogens with one attached hydrogen (secondary N) is 1. The van der Waals surface area contributed by atoms with Crippen molar-refractivity contribution in [1.29, 1.82) is 0 Å². The standard InChI is InChI=1S/C12H16Cl2N2/c13-10-6-2-5-9(12(10)14)7-11(16-15)8-3-1-4-8/h2,5-6,8,11,16H,1,3-4,7,15H2. The molecule has 0 saturated heterocycles. The van der Waals surface area contributed by atoms with Crippen LogP contribution in [0.2, 0.25) is 10.0 Å². The molecule has 0 heterocycles. The molecule has 0 amide bonds. The summed E-state index contributed by atoms with van der Waals surface area (Å²) in [6.45, 7) is 0. The Balaban J connectivity index is 2.09. The molecule has 1 unspecified atom stereocenters. The Kier molecular flexibility index (Phi) is 4.09. The van der Waals surface area contributed by atoms with Crippen LogP contribution in [0.15, 0.2) is 18.2 Å². The Hall–Kier alpha value is -0.280. The predicted octanol–water partition coefficient (Wildman–Crippen LogP) is 3.17. The first-order valence-corrected chi connectivity index (χ1v) is 6.37. The summed E-state index contributed by atoms with van der Waals surface area (Å²) < 4.78 is 0. The molecule has 1 aromatic carbocycles. The van der Waals surface area contributed by atoms with Crippen LogP contribution in [-0.2, 0) is 6.42 Å². The minimum absolute atomic E-state index is 0.310. The molecule has 2 rings (SSSR count). The van der Waals surface area contributed by atoms with E-state index in [1.807, 2.05) is 18.2 Å². The summed E-state index contributed by atoms with van der Waals surface area (Å²) in [5, 5.41) is 1.27. The van der Waals surface area contributed by atoms with Crippen LogP contribution in [0.4, 0.5) is 0 Å². The minimum atomic E-state index is 0.310. The number of benzene rings is 1. The van der Waals surface area contributed by atoms with Gasteiger partial charge < -0.3 is 0 Å². The highest BCUT2D eigenvalue weighted by atomic mass is 35.5. The molecule has 16 heavy (non-hydrogen) atoms. The summed E-state index contributed by atoms with van der Waals surface area (Å²) in [6.07, 6.45) is 4.67. The Bertz CT molecular complexity index is 364. The molecule has 0 radical (unpaired) electrons. The lowest BCUT2D eigenvalue weighted by atomic mass is 9.78. The number of hydrogen-bond donors (Lipinski definition) is 2. The van der Waals surface area contributed by atoms with Gasteiger partial charge in [-0.05, 0) is 36.8 Å². The number of rotatable bonds is 4. The third-order valence-corrected chi connectivity index (χ3v) is 4.26. The molecule has 1 saturated carbocycles. The van der Waals surface area contributed by atoms with Crippen molar-refractivity contribution < 1.29 is 0 Å². The molecule has 88 valence electrons. The molecule has 4 heteroatoms. The van der Waals surface area contributed by atoms with Gasteiger partial charge in [0.1, 0.15) is 0 Å². The van der Waals surface area contributed by atoms with Crippen molar-refractivity contribution in [3.8, 4) is 0 Å². The Morgan fingerprint density at radius 1 is 1.38 bits per heavy atom. The van der Waals surface area contributed by atoms with Gasteiger partial charge in [-0.15, -0.1) is 0 Å². The quantitative estimate of drug-likeness (QED) is 0.643. The first kappa shape index (κ1) is 12.2. The van der Waals surface area contributed by atoms with Gasteiger partial charge in [0.2, 0.25) is 0 Å². The van der Waals surface area contributed by atoms with Gasteiger partial charge >= 0.3 is 0 Å². The molecule has 1 aliphatic carbocycles. The van der Waals surface area contributed by atoms with E-state index in [0.29, 0.717) is 22.0 Å². The molecule has 3 N–H and O–H groups in total. The average molecular weight is 259 g/mol. The monoisotopic (exact) mass is 258 g/mol. The molecule has 0 bridgehead atoms. The summed E-state index contributed by atoms with van der Waals surface area (Å²) >= 11 is 12.1. The maximum absolute atomic E-state index is 6.16. The normalized spacial score (nSPS) is 18.2. The largest absolute Gasteiger partial charge is 0.271 e. The van der Waals surface area contributed by atoms with Crippen LogP contribution in [-0.4, -0.2) is 6.04 Å². The van der Waals surface area contributed by atoms with Crippen LogP contribution in [0, 0.1) is 5.92 Å². The summed E-state index contributed by atoms with van der Waals surface area (Å²) in [5.41, 5.74) is 3.97. The second-order valence-corrected chi connectivity index (χ2v) is 5.17. The molecular weight excluding hydrogens is 243 g/mol. The Labute approximate surface area is 106 Å². The molecule has 2 nitrogen and oxygen atoms in total. The lowest BCUT2D eigenvalue weighted by Gasteiger charge is -2.33. The molecule has 1 atom stereocenters. The van der Waals surface area contributed by atoms with Gasteiger partial charge in [-0.25, -0.2) is 0 Å². The zero-order chi connectivity index (χ0) is 11.5. The number of nitrogens with two attached hydrogens (primary N) is 1. The summed E-state index contributed by atoms with van der Waals surface area (Å²) in [7, 11) is 0. The zero-order valence-corrected chi connectivity index (χ0v) is 10.6. The first-order valence-electron chi connectivity index (χ1n) is 5.61. The molecule has 0 aromatic heterocycles. The fourth-order valence-electron chi connectivity index (χ4n) is 2.15. The van der Waals surface area contributed by atoms with E-state index in [2.05, 4.69) is 5.43 Å². The highest BCUT2D eigenvalue weighted by Crippen LogP contribution is 2.33. The van der Waals surface area contributed by atoms with E-state index < -0.39 is 0 Å². The highest BCUT2D eigenvalue weighted by Gasteiger charge is 2.27. The van der Waals surface area contributed by atoms with Crippen molar-refractivity contribution in [3.63, 3.8) is 0 Å². The van der Waals surface area contributed by atoms with Gasteiger partial charge in [0, 0.05) is 6.04 Å². The number of hydrogen-bond acceptors (Lipinski definition) is 2. The summed E-state index contributed by atoms with van der Waals surface area (Å²) in [6, 6.07) is 6.06. The van der Waals surface area contributed by atoms with E-state index in [0.717, 1.165) is 12.0 Å². The van der Waals surface area contributed by atoms with Gasteiger partial charge in [0.05, 0.1) is 10.0 Å². The maximum Gasteiger partial charge on any atom is 0.0624 e. The van der Waals surface area contributed by atoms with Crippen molar-refractivity contribution >= 4 is 23.2 Å². The fraction of sp³-hybridized carbons (Fsp3) is 0.500. The summed E-state index contributed by atoms with van der Waals surface area (Å²) in [5.74, 6) is 6.27. The Morgan fingerprint density at radius 2 is 2.12 bits per heavy atom.